The molecule has 2 aromatic rings. The highest BCUT2D eigenvalue weighted by molar-refractivity contribution is 5.96. The first-order valence-electron chi connectivity index (χ1n) is 8.91. The van der Waals surface area contributed by atoms with Crippen molar-refractivity contribution < 1.29 is 19.7 Å². The average molecular weight is 388 g/mol. The van der Waals surface area contributed by atoms with Crippen LogP contribution < -0.4 is 16.3 Å². The zero-order valence-electron chi connectivity index (χ0n) is 14.8. The van der Waals surface area contributed by atoms with Crippen LogP contribution in [0.4, 0.5) is 10.6 Å². The molecule has 2 amide bonds. The summed E-state index contributed by atoms with van der Waals surface area (Å²) in [5.74, 6) is 0.135. The number of nitrogens with one attached hydrogen (secondary N) is 3. The number of rotatable bonds is 4. The van der Waals surface area contributed by atoms with Crippen LogP contribution in [-0.2, 0) is 4.74 Å². The minimum Gasteiger partial charge on any atom is -0.394 e. The van der Waals surface area contributed by atoms with Crippen LogP contribution in [0.2, 0.25) is 0 Å². The lowest BCUT2D eigenvalue weighted by atomic mass is 10.1. The number of aromatic amines is 1. The highest BCUT2D eigenvalue weighted by Crippen LogP contribution is 2.30. The molecule has 3 heterocycles. The summed E-state index contributed by atoms with van der Waals surface area (Å²) in [4.78, 5) is 35.5. The van der Waals surface area contributed by atoms with Crippen LogP contribution >= 0.6 is 0 Å². The van der Waals surface area contributed by atoms with Crippen molar-refractivity contribution in [3.05, 3.63) is 40.7 Å². The maximum atomic E-state index is 12.5. The standard InChI is InChI=1S/C17H20N6O5/c24-7-11-10(25)6-12(28-11)23-15-13(21-17(23)27)14(18-8-19-15)22-16(26)20-9-4-2-1-3-5-9/h2,4-5,8,10-12,24-25H,1,3,6-7H2,(H,21,27)(H2,18,19,20,22,26). The fourth-order valence-electron chi connectivity index (χ4n) is 3.31. The fourth-order valence-corrected chi connectivity index (χ4v) is 3.31. The summed E-state index contributed by atoms with van der Waals surface area (Å²) in [6.45, 7) is -0.360. The van der Waals surface area contributed by atoms with E-state index in [-0.39, 0.29) is 30.0 Å². The van der Waals surface area contributed by atoms with Crippen LogP contribution in [0, 0.1) is 0 Å². The zero-order chi connectivity index (χ0) is 19.7. The molecule has 2 aromatic heterocycles. The molecule has 0 bridgehead atoms. The van der Waals surface area contributed by atoms with Crippen LogP contribution in [0.1, 0.15) is 25.5 Å². The quantitative estimate of drug-likeness (QED) is 0.498. The van der Waals surface area contributed by atoms with Gasteiger partial charge in [0.1, 0.15) is 24.2 Å². The lowest BCUT2D eigenvalue weighted by Gasteiger charge is -2.13. The average Bonchev–Trinajstić information content (AvgIpc) is 3.21. The molecule has 5 N–H and O–H groups in total. The molecule has 0 radical (unpaired) electrons. The molecule has 1 saturated heterocycles. The Kier molecular flexibility index (Phi) is 4.94. The fraction of sp³-hybridized carbons (Fsp3) is 0.412. The Morgan fingerprint density at radius 3 is 2.93 bits per heavy atom. The van der Waals surface area contributed by atoms with Crippen LogP contribution in [0.5, 0.6) is 0 Å². The van der Waals surface area contributed by atoms with E-state index in [9.17, 15) is 19.8 Å². The number of aromatic nitrogens is 4. The second kappa shape index (κ2) is 7.54. The number of carbonyl (C=O) groups is 1. The molecule has 11 heteroatoms. The van der Waals surface area contributed by atoms with Crippen molar-refractivity contribution in [1.29, 1.82) is 0 Å². The van der Waals surface area contributed by atoms with Crippen molar-refractivity contribution in [2.75, 3.05) is 11.9 Å². The first-order chi connectivity index (χ1) is 13.6. The van der Waals surface area contributed by atoms with Gasteiger partial charge in [-0.3, -0.25) is 5.32 Å². The van der Waals surface area contributed by atoms with Gasteiger partial charge in [0.2, 0.25) is 0 Å². The van der Waals surface area contributed by atoms with Crippen LogP contribution in [-0.4, -0.2) is 54.6 Å². The minimum absolute atomic E-state index is 0.131. The molecule has 11 nitrogen and oxygen atoms in total. The molecule has 3 atom stereocenters. The number of anilines is 1. The second-order valence-electron chi connectivity index (χ2n) is 6.55. The lowest BCUT2D eigenvalue weighted by Crippen LogP contribution is -2.28. The number of aliphatic hydroxyl groups excluding tert-OH is 2. The van der Waals surface area contributed by atoms with E-state index in [0.29, 0.717) is 5.70 Å². The Morgan fingerprint density at radius 2 is 2.21 bits per heavy atom. The summed E-state index contributed by atoms with van der Waals surface area (Å²) >= 11 is 0. The summed E-state index contributed by atoms with van der Waals surface area (Å²) in [6.07, 6.45) is 6.37. The van der Waals surface area contributed by atoms with Crippen molar-refractivity contribution in [1.82, 2.24) is 24.8 Å². The largest absolute Gasteiger partial charge is 0.394 e. The van der Waals surface area contributed by atoms with Gasteiger partial charge in [-0.1, -0.05) is 12.2 Å². The first-order valence-corrected chi connectivity index (χ1v) is 8.91. The number of hydrogen-bond donors (Lipinski definition) is 5. The van der Waals surface area contributed by atoms with E-state index in [1.54, 1.807) is 0 Å². The van der Waals surface area contributed by atoms with E-state index in [4.69, 9.17) is 4.74 Å². The predicted molar refractivity (Wildman–Crippen MR) is 98.4 cm³/mol. The molecule has 0 spiro atoms. The summed E-state index contributed by atoms with van der Waals surface area (Å²) in [5.41, 5.74) is 0.625. The summed E-state index contributed by atoms with van der Waals surface area (Å²) < 4.78 is 6.79. The van der Waals surface area contributed by atoms with Gasteiger partial charge in [0.05, 0.1) is 12.7 Å². The Morgan fingerprint density at radius 1 is 1.36 bits per heavy atom. The molecule has 2 aliphatic rings. The van der Waals surface area contributed by atoms with Crippen molar-refractivity contribution in [3.63, 3.8) is 0 Å². The van der Waals surface area contributed by atoms with Gasteiger partial charge in [-0.2, -0.15) is 0 Å². The van der Waals surface area contributed by atoms with Gasteiger partial charge in [-0.15, -0.1) is 0 Å². The third kappa shape index (κ3) is 3.42. The molecule has 28 heavy (non-hydrogen) atoms. The minimum atomic E-state index is -0.895. The number of nitrogens with zero attached hydrogens (tertiary/aromatic N) is 3. The Balaban J connectivity index is 1.59. The number of fused-ring (bicyclic) bond motifs is 1. The third-order valence-corrected chi connectivity index (χ3v) is 4.66. The maximum absolute atomic E-state index is 12.5. The molecule has 148 valence electrons. The molecule has 0 aromatic carbocycles. The molecule has 0 saturated carbocycles. The number of imidazole rings is 1. The molecule has 1 aliphatic heterocycles. The number of allylic oxidation sites excluding steroid dienone is 3. The van der Waals surface area contributed by atoms with Gasteiger partial charge in [0, 0.05) is 12.1 Å². The van der Waals surface area contributed by atoms with E-state index < -0.39 is 30.2 Å². The molecule has 1 fully saturated rings. The van der Waals surface area contributed by atoms with Gasteiger partial charge in [0.15, 0.2) is 11.5 Å². The molecule has 1 aliphatic carbocycles. The van der Waals surface area contributed by atoms with Gasteiger partial charge in [0.25, 0.3) is 0 Å². The van der Waals surface area contributed by atoms with Crippen molar-refractivity contribution >= 4 is 23.0 Å². The van der Waals surface area contributed by atoms with Crippen LogP contribution in [0.3, 0.4) is 0 Å². The number of amides is 2. The first kappa shape index (κ1) is 18.3. The SMILES string of the molecule is O=C(NC1=CCCC=C1)Nc1ncnc2c1[nH]c(=O)n2C1CC(O)C(CO)O1. The van der Waals surface area contributed by atoms with Gasteiger partial charge < -0.3 is 25.3 Å². The maximum Gasteiger partial charge on any atom is 0.329 e. The van der Waals surface area contributed by atoms with Crippen LogP contribution in [0.25, 0.3) is 11.2 Å². The normalized spacial score (nSPS) is 24.4. The summed E-state index contributed by atoms with van der Waals surface area (Å²) in [6, 6.07) is -0.501. The summed E-state index contributed by atoms with van der Waals surface area (Å²) in [5, 5.41) is 24.5. The third-order valence-electron chi connectivity index (χ3n) is 4.66. The van der Waals surface area contributed by atoms with E-state index in [2.05, 4.69) is 25.6 Å². The smallest absolute Gasteiger partial charge is 0.329 e. The Bertz CT molecular complexity index is 1010. The lowest BCUT2D eigenvalue weighted by molar-refractivity contribution is -0.0441. The van der Waals surface area contributed by atoms with Gasteiger partial charge >= 0.3 is 11.7 Å². The number of ether oxygens (including phenoxy) is 1. The molecular weight excluding hydrogens is 368 g/mol. The summed E-state index contributed by atoms with van der Waals surface area (Å²) in [7, 11) is 0. The second-order valence-corrected chi connectivity index (χ2v) is 6.55. The number of H-pyrrole nitrogens is 1. The van der Waals surface area contributed by atoms with Crippen molar-refractivity contribution in [3.8, 4) is 0 Å². The van der Waals surface area contributed by atoms with E-state index in [1.807, 2.05) is 18.2 Å². The molecule has 4 rings (SSSR count). The number of carbonyl (C=O) groups excluding carboxylic acids is 1. The highest BCUT2D eigenvalue weighted by Gasteiger charge is 2.36. The number of hydrogen-bond acceptors (Lipinski definition) is 7. The predicted octanol–water partition coefficient (Wildman–Crippen LogP) is 0.116. The molecule has 3 unspecified atom stereocenters. The van der Waals surface area contributed by atoms with Crippen molar-refractivity contribution in [2.24, 2.45) is 0 Å². The van der Waals surface area contributed by atoms with Crippen LogP contribution in [0.15, 0.2) is 35.0 Å². The molecular formula is C17H20N6O5. The monoisotopic (exact) mass is 388 g/mol. The number of aliphatic hydroxyl groups is 2. The van der Waals surface area contributed by atoms with Crippen molar-refractivity contribution in [2.45, 2.75) is 37.7 Å². The Labute approximate surface area is 158 Å². The van der Waals surface area contributed by atoms with E-state index in [0.717, 1.165) is 12.8 Å². The van der Waals surface area contributed by atoms with Gasteiger partial charge in [-0.05, 0) is 18.9 Å². The Hall–Kier alpha value is -3.02. The highest BCUT2D eigenvalue weighted by atomic mass is 16.5. The van der Waals surface area contributed by atoms with Gasteiger partial charge in [-0.25, -0.2) is 24.1 Å². The zero-order valence-corrected chi connectivity index (χ0v) is 14.8. The van der Waals surface area contributed by atoms with E-state index in [1.165, 1.54) is 10.9 Å². The topological polar surface area (TPSA) is 154 Å². The van der Waals surface area contributed by atoms with E-state index >= 15 is 0 Å². The number of urea groups is 1.